The Bertz CT molecular complexity index is 842. The fraction of sp³-hybridized carbons (Fsp3) is 0.200. The van der Waals surface area contributed by atoms with Crippen molar-refractivity contribution in [2.45, 2.75) is 24.3 Å². The standard InChI is InChI=1S/C20H18BrN/c21-18-7-3-6-17(11-18)19-13-20(19,22)12-14-8-9-15-4-1-2-5-16(15)10-14/h1-11,19H,12-13,22H2. The molecule has 0 heterocycles. The Labute approximate surface area is 139 Å². The van der Waals surface area contributed by atoms with Crippen LogP contribution in [0.3, 0.4) is 0 Å². The van der Waals surface area contributed by atoms with E-state index in [1.165, 1.54) is 21.9 Å². The van der Waals surface area contributed by atoms with Gasteiger partial charge in [-0.25, -0.2) is 0 Å². The molecular formula is C20H18BrN. The highest BCUT2D eigenvalue weighted by atomic mass is 79.9. The number of hydrogen-bond donors (Lipinski definition) is 1. The van der Waals surface area contributed by atoms with Gasteiger partial charge in [-0.1, -0.05) is 70.5 Å². The molecule has 0 amide bonds. The van der Waals surface area contributed by atoms with Crippen molar-refractivity contribution in [3.05, 3.63) is 82.3 Å². The third-order valence-electron chi connectivity index (χ3n) is 4.72. The molecule has 1 fully saturated rings. The zero-order valence-corrected chi connectivity index (χ0v) is 13.9. The van der Waals surface area contributed by atoms with Crippen LogP contribution in [-0.2, 0) is 6.42 Å². The summed E-state index contributed by atoms with van der Waals surface area (Å²) in [6, 6.07) is 23.7. The molecule has 2 heteroatoms. The summed E-state index contributed by atoms with van der Waals surface area (Å²) >= 11 is 3.55. The first-order chi connectivity index (χ1) is 10.6. The number of fused-ring (bicyclic) bond motifs is 1. The van der Waals surface area contributed by atoms with Gasteiger partial charge in [0.2, 0.25) is 0 Å². The molecule has 0 aliphatic heterocycles. The van der Waals surface area contributed by atoms with Gasteiger partial charge in [-0.3, -0.25) is 0 Å². The number of rotatable bonds is 3. The van der Waals surface area contributed by atoms with Gasteiger partial charge in [0.1, 0.15) is 0 Å². The molecule has 2 unspecified atom stereocenters. The molecule has 1 aliphatic carbocycles. The first kappa shape index (κ1) is 14.0. The summed E-state index contributed by atoms with van der Waals surface area (Å²) in [4.78, 5) is 0. The molecule has 2 N–H and O–H groups in total. The van der Waals surface area contributed by atoms with Gasteiger partial charge in [0.15, 0.2) is 0 Å². The van der Waals surface area contributed by atoms with Crippen LogP contribution in [0, 0.1) is 0 Å². The van der Waals surface area contributed by atoms with E-state index in [4.69, 9.17) is 5.73 Å². The molecule has 0 saturated heterocycles. The van der Waals surface area contributed by atoms with E-state index in [0.717, 1.165) is 17.3 Å². The van der Waals surface area contributed by atoms with E-state index in [1.807, 2.05) is 0 Å². The zero-order chi connectivity index (χ0) is 15.2. The van der Waals surface area contributed by atoms with Crippen LogP contribution in [-0.4, -0.2) is 5.54 Å². The fourth-order valence-corrected chi connectivity index (χ4v) is 3.84. The summed E-state index contributed by atoms with van der Waals surface area (Å²) in [5, 5.41) is 2.58. The van der Waals surface area contributed by atoms with Crippen molar-refractivity contribution in [1.29, 1.82) is 0 Å². The normalized spacial score (nSPS) is 23.6. The lowest BCUT2D eigenvalue weighted by Gasteiger charge is -2.13. The molecule has 1 nitrogen and oxygen atoms in total. The SMILES string of the molecule is NC1(Cc2ccc3ccccc3c2)CC1c1cccc(Br)c1. The van der Waals surface area contributed by atoms with E-state index < -0.39 is 0 Å². The first-order valence-corrected chi connectivity index (χ1v) is 8.45. The third-order valence-corrected chi connectivity index (χ3v) is 5.21. The van der Waals surface area contributed by atoms with E-state index in [1.54, 1.807) is 0 Å². The molecule has 110 valence electrons. The van der Waals surface area contributed by atoms with Crippen LogP contribution in [0.5, 0.6) is 0 Å². The number of hydrogen-bond acceptors (Lipinski definition) is 1. The maximum Gasteiger partial charge on any atom is 0.0271 e. The Morgan fingerprint density at radius 2 is 1.77 bits per heavy atom. The Morgan fingerprint density at radius 1 is 0.955 bits per heavy atom. The second kappa shape index (κ2) is 5.22. The Hall–Kier alpha value is -1.64. The van der Waals surface area contributed by atoms with Crippen molar-refractivity contribution in [1.82, 2.24) is 0 Å². The second-order valence-corrected chi connectivity index (χ2v) is 7.32. The molecule has 0 aromatic heterocycles. The Balaban J connectivity index is 1.58. The number of halogens is 1. The van der Waals surface area contributed by atoms with E-state index in [2.05, 4.69) is 82.7 Å². The van der Waals surface area contributed by atoms with Crippen LogP contribution in [0.15, 0.2) is 71.2 Å². The molecule has 0 bridgehead atoms. The summed E-state index contributed by atoms with van der Waals surface area (Å²) in [6.07, 6.45) is 2.01. The first-order valence-electron chi connectivity index (χ1n) is 7.66. The molecule has 22 heavy (non-hydrogen) atoms. The van der Waals surface area contributed by atoms with E-state index in [0.29, 0.717) is 5.92 Å². The van der Waals surface area contributed by atoms with E-state index in [-0.39, 0.29) is 5.54 Å². The molecule has 1 aliphatic rings. The lowest BCUT2D eigenvalue weighted by atomic mass is 9.97. The van der Waals surface area contributed by atoms with Gasteiger partial charge in [-0.05, 0) is 46.9 Å². The molecule has 0 radical (unpaired) electrons. The molecule has 1 saturated carbocycles. The van der Waals surface area contributed by atoms with Gasteiger partial charge in [0.05, 0.1) is 0 Å². The summed E-state index contributed by atoms with van der Waals surface area (Å²) in [5.41, 5.74) is 9.22. The van der Waals surface area contributed by atoms with Crippen molar-refractivity contribution >= 4 is 26.7 Å². The Kier molecular flexibility index (Phi) is 3.32. The Morgan fingerprint density at radius 3 is 2.59 bits per heavy atom. The highest BCUT2D eigenvalue weighted by molar-refractivity contribution is 9.10. The molecule has 4 rings (SSSR count). The summed E-state index contributed by atoms with van der Waals surface area (Å²) in [6.45, 7) is 0. The predicted octanol–water partition coefficient (Wildman–Crippen LogP) is 5.03. The zero-order valence-electron chi connectivity index (χ0n) is 12.3. The average Bonchev–Trinajstić information content (AvgIpc) is 3.18. The minimum absolute atomic E-state index is 0.0940. The third kappa shape index (κ3) is 2.57. The predicted molar refractivity (Wildman–Crippen MR) is 96.1 cm³/mol. The summed E-state index contributed by atoms with van der Waals surface area (Å²) in [7, 11) is 0. The molecular weight excluding hydrogens is 334 g/mol. The lowest BCUT2D eigenvalue weighted by Crippen LogP contribution is -2.27. The average molecular weight is 352 g/mol. The number of nitrogens with two attached hydrogens (primary N) is 1. The molecule has 0 spiro atoms. The van der Waals surface area contributed by atoms with Crippen molar-refractivity contribution < 1.29 is 0 Å². The minimum atomic E-state index is -0.0940. The fourth-order valence-electron chi connectivity index (χ4n) is 3.42. The lowest BCUT2D eigenvalue weighted by molar-refractivity contribution is 0.646. The van der Waals surface area contributed by atoms with Crippen LogP contribution in [0.1, 0.15) is 23.5 Å². The van der Waals surface area contributed by atoms with Crippen molar-refractivity contribution in [3.63, 3.8) is 0 Å². The maximum absolute atomic E-state index is 6.63. The van der Waals surface area contributed by atoms with Gasteiger partial charge >= 0.3 is 0 Å². The van der Waals surface area contributed by atoms with Crippen LogP contribution in [0.4, 0.5) is 0 Å². The summed E-state index contributed by atoms with van der Waals surface area (Å²) < 4.78 is 1.13. The van der Waals surface area contributed by atoms with Crippen LogP contribution in [0.25, 0.3) is 10.8 Å². The summed E-state index contributed by atoms with van der Waals surface area (Å²) in [5.74, 6) is 0.469. The van der Waals surface area contributed by atoms with E-state index >= 15 is 0 Å². The highest BCUT2D eigenvalue weighted by Gasteiger charge is 2.51. The van der Waals surface area contributed by atoms with Crippen LogP contribution >= 0.6 is 15.9 Å². The van der Waals surface area contributed by atoms with Crippen molar-refractivity contribution in [2.24, 2.45) is 5.73 Å². The second-order valence-electron chi connectivity index (χ2n) is 6.40. The highest BCUT2D eigenvalue weighted by Crippen LogP contribution is 2.51. The van der Waals surface area contributed by atoms with Gasteiger partial charge < -0.3 is 5.73 Å². The smallest absolute Gasteiger partial charge is 0.0271 e. The van der Waals surface area contributed by atoms with E-state index in [9.17, 15) is 0 Å². The largest absolute Gasteiger partial charge is 0.324 e. The van der Waals surface area contributed by atoms with Gasteiger partial charge in [-0.2, -0.15) is 0 Å². The van der Waals surface area contributed by atoms with Gasteiger partial charge in [0, 0.05) is 15.9 Å². The van der Waals surface area contributed by atoms with Gasteiger partial charge in [0.25, 0.3) is 0 Å². The van der Waals surface area contributed by atoms with Crippen molar-refractivity contribution in [2.75, 3.05) is 0 Å². The molecule has 3 aromatic rings. The minimum Gasteiger partial charge on any atom is -0.324 e. The van der Waals surface area contributed by atoms with Crippen molar-refractivity contribution in [3.8, 4) is 0 Å². The van der Waals surface area contributed by atoms with Crippen LogP contribution in [0.2, 0.25) is 0 Å². The molecule has 2 atom stereocenters. The molecule has 3 aromatic carbocycles. The van der Waals surface area contributed by atoms with Gasteiger partial charge in [-0.15, -0.1) is 0 Å². The monoisotopic (exact) mass is 351 g/mol. The topological polar surface area (TPSA) is 26.0 Å². The quantitative estimate of drug-likeness (QED) is 0.703. The van der Waals surface area contributed by atoms with Crippen LogP contribution < -0.4 is 5.73 Å². The number of benzene rings is 3. The maximum atomic E-state index is 6.63.